The first kappa shape index (κ1) is 22.5. The van der Waals surface area contributed by atoms with Crippen molar-refractivity contribution in [3.63, 3.8) is 0 Å². The molecule has 1 aliphatic heterocycles. The van der Waals surface area contributed by atoms with Gasteiger partial charge in [-0.3, -0.25) is 4.79 Å². The van der Waals surface area contributed by atoms with Crippen molar-refractivity contribution < 1.29 is 28.2 Å². The molecule has 0 saturated heterocycles. The molecule has 1 aliphatic rings. The van der Waals surface area contributed by atoms with Gasteiger partial charge < -0.3 is 24.7 Å². The number of carbonyl (C=O) groups excluding carboxylic acids is 3. The van der Waals surface area contributed by atoms with E-state index < -0.39 is 35.9 Å². The maximum absolute atomic E-state index is 14.8. The smallest absolute Gasteiger partial charge is 0.328 e. The molecule has 0 saturated carbocycles. The van der Waals surface area contributed by atoms with Gasteiger partial charge in [0.05, 0.1) is 26.2 Å². The van der Waals surface area contributed by atoms with Gasteiger partial charge in [-0.2, -0.15) is 0 Å². The summed E-state index contributed by atoms with van der Waals surface area (Å²) in [5, 5.41) is 2.81. The van der Waals surface area contributed by atoms with Crippen LogP contribution in [0.4, 0.5) is 9.18 Å². The van der Waals surface area contributed by atoms with E-state index >= 15 is 0 Å². The number of H-pyrrole nitrogens is 1. The van der Waals surface area contributed by atoms with Crippen LogP contribution in [0.3, 0.4) is 0 Å². The van der Waals surface area contributed by atoms with Gasteiger partial charge in [-0.1, -0.05) is 17.7 Å². The fourth-order valence-electron chi connectivity index (χ4n) is 3.52. The Kier molecular flexibility index (Phi) is 7.11. The van der Waals surface area contributed by atoms with Crippen molar-refractivity contribution in [3.8, 4) is 0 Å². The van der Waals surface area contributed by atoms with Gasteiger partial charge in [-0.25, -0.2) is 19.0 Å². The minimum Gasteiger partial charge on any atom is -0.469 e. The van der Waals surface area contributed by atoms with E-state index in [2.05, 4.69) is 20.0 Å². The van der Waals surface area contributed by atoms with E-state index in [1.54, 1.807) is 0 Å². The first-order chi connectivity index (χ1) is 14.8. The van der Waals surface area contributed by atoms with Crippen LogP contribution in [0.2, 0.25) is 5.02 Å². The molecule has 0 spiro atoms. The number of fused-ring (bicyclic) bond motifs is 1. The van der Waals surface area contributed by atoms with Gasteiger partial charge in [0, 0.05) is 35.7 Å². The number of rotatable bonds is 6. The average Bonchev–Trinajstić information content (AvgIpc) is 3.24. The number of methoxy groups -OCH3 is 2. The van der Waals surface area contributed by atoms with Gasteiger partial charge in [0.15, 0.2) is 0 Å². The Labute approximate surface area is 182 Å². The highest BCUT2D eigenvalue weighted by atomic mass is 35.5. The van der Waals surface area contributed by atoms with Gasteiger partial charge in [-0.05, 0) is 18.6 Å². The number of carbonyl (C=O) groups is 3. The Morgan fingerprint density at radius 1 is 1.35 bits per heavy atom. The molecule has 166 valence electrons. The number of nitrogens with one attached hydrogen (secondary N) is 2. The van der Waals surface area contributed by atoms with Crippen molar-refractivity contribution in [2.75, 3.05) is 20.8 Å². The third-order valence-electron chi connectivity index (χ3n) is 5.09. The standard InChI is InChI=1S/C20H22ClFN4O5/c1-30-16(27)6-5-15(19(28)31-2)25-20(29)26-8-7-14-17(24-10-23-14)18(26)12-4-3-11(21)9-13(12)22/h3-4,9-10,15,18H,5-8H2,1-2H3,(H,23,24)(H,25,29)/t15-,18?/m0/s1. The highest BCUT2D eigenvalue weighted by Crippen LogP contribution is 2.35. The molecule has 1 aromatic heterocycles. The van der Waals surface area contributed by atoms with E-state index in [1.807, 2.05) is 0 Å². The first-order valence-electron chi connectivity index (χ1n) is 9.54. The van der Waals surface area contributed by atoms with Crippen LogP contribution in [0.5, 0.6) is 0 Å². The topological polar surface area (TPSA) is 114 Å². The molecule has 2 heterocycles. The predicted octanol–water partition coefficient (Wildman–Crippen LogP) is 2.35. The molecule has 0 aliphatic carbocycles. The van der Waals surface area contributed by atoms with Crippen LogP contribution in [0.25, 0.3) is 0 Å². The van der Waals surface area contributed by atoms with Gasteiger partial charge in [0.1, 0.15) is 17.9 Å². The number of imidazole rings is 1. The summed E-state index contributed by atoms with van der Waals surface area (Å²) >= 11 is 5.88. The Hall–Kier alpha value is -3.14. The molecule has 31 heavy (non-hydrogen) atoms. The molecular formula is C20H22ClFN4O5. The molecule has 3 rings (SSSR count). The number of halogens is 2. The van der Waals surface area contributed by atoms with Crippen LogP contribution in [0, 0.1) is 5.82 Å². The Balaban J connectivity index is 1.88. The summed E-state index contributed by atoms with van der Waals surface area (Å²) in [6, 6.07) is 1.68. The molecule has 9 nitrogen and oxygen atoms in total. The SMILES string of the molecule is COC(=O)CC[C@H](NC(=O)N1CCc2[nH]cnc2C1c1ccc(Cl)cc1F)C(=O)OC. The highest BCUT2D eigenvalue weighted by Gasteiger charge is 2.37. The minimum absolute atomic E-state index is 0.00739. The second-order valence-corrected chi connectivity index (χ2v) is 7.35. The molecule has 1 aromatic carbocycles. The van der Waals surface area contributed by atoms with E-state index in [-0.39, 0.29) is 30.0 Å². The number of nitrogens with zero attached hydrogens (tertiary/aromatic N) is 2. The second-order valence-electron chi connectivity index (χ2n) is 6.92. The molecule has 0 fully saturated rings. The number of hydrogen-bond acceptors (Lipinski definition) is 6. The maximum Gasteiger partial charge on any atom is 0.328 e. The van der Waals surface area contributed by atoms with E-state index in [0.29, 0.717) is 12.1 Å². The summed E-state index contributed by atoms with van der Waals surface area (Å²) in [7, 11) is 2.41. The Bertz CT molecular complexity index is 982. The van der Waals surface area contributed by atoms with Crippen LogP contribution in [0.1, 0.15) is 35.8 Å². The van der Waals surface area contributed by atoms with Crippen molar-refractivity contribution in [3.05, 3.63) is 52.3 Å². The lowest BCUT2D eigenvalue weighted by molar-refractivity contribution is -0.144. The first-order valence-corrected chi connectivity index (χ1v) is 9.92. The van der Waals surface area contributed by atoms with E-state index in [9.17, 15) is 18.8 Å². The fourth-order valence-corrected chi connectivity index (χ4v) is 3.68. The third kappa shape index (κ3) is 4.96. The molecule has 2 amide bonds. The van der Waals surface area contributed by atoms with Crippen molar-refractivity contribution in [1.82, 2.24) is 20.2 Å². The summed E-state index contributed by atoms with van der Waals surface area (Å²) in [5.74, 6) is -1.81. The number of aromatic amines is 1. The molecule has 11 heteroatoms. The fraction of sp³-hybridized carbons (Fsp3) is 0.400. The zero-order valence-corrected chi connectivity index (χ0v) is 17.7. The number of esters is 2. The Morgan fingerprint density at radius 2 is 2.13 bits per heavy atom. The van der Waals surface area contributed by atoms with Crippen LogP contribution < -0.4 is 5.32 Å². The van der Waals surface area contributed by atoms with Crippen LogP contribution in [0.15, 0.2) is 24.5 Å². The summed E-state index contributed by atoms with van der Waals surface area (Å²) in [6.07, 6.45) is 1.86. The summed E-state index contributed by atoms with van der Waals surface area (Å²) < 4.78 is 24.1. The molecule has 2 aromatic rings. The third-order valence-corrected chi connectivity index (χ3v) is 5.33. The number of hydrogen-bond donors (Lipinski definition) is 2. The zero-order valence-electron chi connectivity index (χ0n) is 17.0. The van der Waals surface area contributed by atoms with Crippen molar-refractivity contribution >= 4 is 29.6 Å². The highest BCUT2D eigenvalue weighted by molar-refractivity contribution is 6.30. The quantitative estimate of drug-likeness (QED) is 0.650. The Morgan fingerprint density at radius 3 is 2.81 bits per heavy atom. The lowest BCUT2D eigenvalue weighted by atomic mass is 9.95. The van der Waals surface area contributed by atoms with Crippen LogP contribution >= 0.6 is 11.6 Å². The van der Waals surface area contributed by atoms with Crippen LogP contribution in [-0.4, -0.2) is 59.6 Å². The number of benzene rings is 1. The van der Waals surface area contributed by atoms with E-state index in [4.69, 9.17) is 16.3 Å². The minimum atomic E-state index is -1.08. The van der Waals surface area contributed by atoms with E-state index in [1.165, 1.54) is 43.6 Å². The van der Waals surface area contributed by atoms with Crippen molar-refractivity contribution in [2.45, 2.75) is 31.3 Å². The molecule has 1 unspecified atom stereocenters. The van der Waals surface area contributed by atoms with Gasteiger partial charge >= 0.3 is 18.0 Å². The molecule has 0 radical (unpaired) electrons. The van der Waals surface area contributed by atoms with Crippen molar-refractivity contribution in [2.24, 2.45) is 0 Å². The van der Waals surface area contributed by atoms with Crippen LogP contribution in [-0.2, 0) is 25.5 Å². The number of urea groups is 1. The van der Waals surface area contributed by atoms with Gasteiger partial charge in [0.2, 0.25) is 0 Å². The number of aromatic nitrogens is 2. The predicted molar refractivity (Wildman–Crippen MR) is 108 cm³/mol. The monoisotopic (exact) mass is 452 g/mol. The van der Waals surface area contributed by atoms with Crippen molar-refractivity contribution in [1.29, 1.82) is 0 Å². The number of ether oxygens (including phenoxy) is 2. The molecular weight excluding hydrogens is 431 g/mol. The lowest BCUT2D eigenvalue weighted by Gasteiger charge is -2.36. The number of amides is 2. The molecule has 2 atom stereocenters. The molecule has 2 N–H and O–H groups in total. The largest absolute Gasteiger partial charge is 0.469 e. The zero-order chi connectivity index (χ0) is 22.5. The summed E-state index contributed by atoms with van der Waals surface area (Å²) in [5.41, 5.74) is 1.52. The second kappa shape index (κ2) is 9.78. The van der Waals surface area contributed by atoms with Gasteiger partial charge in [-0.15, -0.1) is 0 Å². The summed E-state index contributed by atoms with van der Waals surface area (Å²) in [4.78, 5) is 45.4. The van der Waals surface area contributed by atoms with Gasteiger partial charge in [0.25, 0.3) is 0 Å². The molecule has 0 bridgehead atoms. The summed E-state index contributed by atoms with van der Waals surface area (Å²) in [6.45, 7) is 0.249. The van der Waals surface area contributed by atoms with E-state index in [0.717, 1.165) is 5.69 Å². The normalized spacial score (nSPS) is 16.3. The average molecular weight is 453 g/mol. The maximum atomic E-state index is 14.8. The lowest BCUT2D eigenvalue weighted by Crippen LogP contribution is -2.51.